The molecule has 1 aliphatic heterocycles. The summed E-state index contributed by atoms with van der Waals surface area (Å²) in [5, 5.41) is 0. The lowest BCUT2D eigenvalue weighted by Crippen LogP contribution is -2.35. The van der Waals surface area contributed by atoms with Gasteiger partial charge in [0.2, 0.25) is 0 Å². The summed E-state index contributed by atoms with van der Waals surface area (Å²) in [5.41, 5.74) is 5.39. The van der Waals surface area contributed by atoms with Crippen LogP contribution in [-0.4, -0.2) is 12.7 Å². The van der Waals surface area contributed by atoms with Crippen molar-refractivity contribution in [1.82, 2.24) is 0 Å². The zero-order chi connectivity index (χ0) is 5.28. The fraction of sp³-hybridized carbons (Fsp3) is 0.800. The zero-order valence-corrected chi connectivity index (χ0v) is 4.48. The van der Waals surface area contributed by atoms with Gasteiger partial charge in [0.1, 0.15) is 0 Å². The van der Waals surface area contributed by atoms with E-state index >= 15 is 0 Å². The Kier molecular flexibility index (Phi) is 1.30. The molecule has 2 heteroatoms. The van der Waals surface area contributed by atoms with Crippen molar-refractivity contribution in [3.05, 3.63) is 6.04 Å². The van der Waals surface area contributed by atoms with E-state index in [0.717, 1.165) is 19.1 Å². The van der Waals surface area contributed by atoms with Crippen LogP contribution < -0.4 is 5.73 Å². The van der Waals surface area contributed by atoms with Gasteiger partial charge in [0.15, 0.2) is 0 Å². The summed E-state index contributed by atoms with van der Waals surface area (Å²) in [6, 6.07) is 0.909. The van der Waals surface area contributed by atoms with Crippen molar-refractivity contribution < 1.29 is 4.74 Å². The number of rotatable bonds is 1. The summed E-state index contributed by atoms with van der Waals surface area (Å²) in [5.74, 6) is 0. The first-order valence-corrected chi connectivity index (χ1v) is 2.51. The van der Waals surface area contributed by atoms with Gasteiger partial charge in [0.25, 0.3) is 0 Å². The van der Waals surface area contributed by atoms with Crippen molar-refractivity contribution in [2.75, 3.05) is 6.61 Å². The predicted molar refractivity (Wildman–Crippen MR) is 27.5 cm³/mol. The molecule has 1 atom stereocenters. The maximum atomic E-state index is 5.39. The van der Waals surface area contributed by atoms with Crippen LogP contribution in [0.5, 0.6) is 0 Å². The van der Waals surface area contributed by atoms with E-state index < -0.39 is 0 Å². The average molecular weight is 100 g/mol. The van der Waals surface area contributed by atoms with E-state index in [0.29, 0.717) is 0 Å². The highest BCUT2D eigenvalue weighted by Crippen LogP contribution is 2.16. The van der Waals surface area contributed by atoms with E-state index in [1.165, 1.54) is 0 Å². The molecule has 2 N–H and O–H groups in total. The molecule has 1 unspecified atom stereocenters. The van der Waals surface area contributed by atoms with Gasteiger partial charge in [-0.15, -0.1) is 0 Å². The van der Waals surface area contributed by atoms with Crippen LogP contribution in [0.4, 0.5) is 0 Å². The maximum Gasteiger partial charge on any atom is 0.0792 e. The second-order valence-electron chi connectivity index (χ2n) is 1.89. The molecule has 0 aromatic carbocycles. The summed E-state index contributed by atoms with van der Waals surface area (Å²) in [6.45, 7) is 2.78. The minimum atomic E-state index is 0.278. The molecule has 7 heavy (non-hydrogen) atoms. The predicted octanol–water partition coefficient (Wildman–Crippen LogP) is 0.286. The van der Waals surface area contributed by atoms with Gasteiger partial charge < -0.3 is 10.5 Å². The fourth-order valence-corrected chi connectivity index (χ4v) is 0.595. The summed E-state index contributed by atoms with van der Waals surface area (Å²) in [4.78, 5) is 0. The monoisotopic (exact) mass is 100 g/mol. The maximum absolute atomic E-state index is 5.39. The van der Waals surface area contributed by atoms with Crippen molar-refractivity contribution >= 4 is 0 Å². The molecule has 0 bridgehead atoms. The fourth-order valence-electron chi connectivity index (χ4n) is 0.595. The minimum absolute atomic E-state index is 0.278. The van der Waals surface area contributed by atoms with Crippen molar-refractivity contribution in [2.45, 2.75) is 19.4 Å². The Hall–Kier alpha value is -0.0800. The first-order chi connectivity index (χ1) is 3.30. The van der Waals surface area contributed by atoms with E-state index in [-0.39, 0.29) is 6.10 Å². The number of hydrogen-bond donors (Lipinski definition) is 1. The van der Waals surface area contributed by atoms with Gasteiger partial charge in [-0.05, 0) is 13.3 Å². The molecule has 1 rings (SSSR count). The van der Waals surface area contributed by atoms with Gasteiger partial charge in [-0.2, -0.15) is 0 Å². The molecule has 2 nitrogen and oxygen atoms in total. The van der Waals surface area contributed by atoms with Crippen molar-refractivity contribution in [3.8, 4) is 0 Å². The Bertz CT molecular complexity index is 59.1. The molecule has 0 aromatic rings. The first kappa shape index (κ1) is 5.06. The van der Waals surface area contributed by atoms with Gasteiger partial charge in [-0.3, -0.25) is 0 Å². The molecule has 1 fully saturated rings. The summed E-state index contributed by atoms with van der Waals surface area (Å²) in [7, 11) is 0. The highest BCUT2D eigenvalue weighted by Gasteiger charge is 2.21. The topological polar surface area (TPSA) is 35.2 Å². The van der Waals surface area contributed by atoms with Crippen molar-refractivity contribution in [1.29, 1.82) is 0 Å². The van der Waals surface area contributed by atoms with Crippen LogP contribution >= 0.6 is 0 Å². The van der Waals surface area contributed by atoms with E-state index in [2.05, 4.69) is 0 Å². The summed E-state index contributed by atoms with van der Waals surface area (Å²) >= 11 is 0. The SMILES string of the molecule is C[C](N)C1CCO1. The second kappa shape index (κ2) is 1.80. The van der Waals surface area contributed by atoms with Crippen LogP contribution in [-0.2, 0) is 4.74 Å². The molecule has 41 valence electrons. The van der Waals surface area contributed by atoms with Crippen LogP contribution in [0.15, 0.2) is 0 Å². The van der Waals surface area contributed by atoms with E-state index in [1.54, 1.807) is 0 Å². The van der Waals surface area contributed by atoms with Gasteiger partial charge in [-0.1, -0.05) is 0 Å². The van der Waals surface area contributed by atoms with Crippen LogP contribution in [0.1, 0.15) is 13.3 Å². The van der Waals surface area contributed by atoms with E-state index in [4.69, 9.17) is 10.5 Å². The molecular formula is C5H10NO. The van der Waals surface area contributed by atoms with Crippen LogP contribution in [0.2, 0.25) is 0 Å². The number of ether oxygens (including phenoxy) is 1. The summed E-state index contributed by atoms with van der Waals surface area (Å²) in [6.07, 6.45) is 1.39. The molecular weight excluding hydrogens is 90.1 g/mol. The third-order valence-electron chi connectivity index (χ3n) is 1.21. The number of hydrogen-bond acceptors (Lipinski definition) is 2. The first-order valence-electron chi connectivity index (χ1n) is 2.51. The average Bonchev–Trinajstić information content (AvgIpc) is 1.23. The van der Waals surface area contributed by atoms with E-state index in [1.807, 2.05) is 6.92 Å². The van der Waals surface area contributed by atoms with E-state index in [9.17, 15) is 0 Å². The van der Waals surface area contributed by atoms with Gasteiger partial charge in [-0.25, -0.2) is 0 Å². The molecule has 0 saturated carbocycles. The highest BCUT2D eigenvalue weighted by molar-refractivity contribution is 4.90. The molecule has 0 aliphatic carbocycles. The molecule has 1 aliphatic rings. The highest BCUT2D eigenvalue weighted by atomic mass is 16.5. The smallest absolute Gasteiger partial charge is 0.0792 e. The molecule has 1 heterocycles. The zero-order valence-electron chi connectivity index (χ0n) is 4.48. The third kappa shape index (κ3) is 0.924. The number of nitrogens with two attached hydrogens (primary N) is 1. The minimum Gasteiger partial charge on any atom is -0.376 e. The Balaban J connectivity index is 2.14. The largest absolute Gasteiger partial charge is 0.376 e. The Morgan fingerprint density at radius 3 is 2.43 bits per heavy atom. The summed E-state index contributed by atoms with van der Waals surface area (Å²) < 4.78 is 5.03. The molecule has 1 saturated heterocycles. The van der Waals surface area contributed by atoms with Crippen molar-refractivity contribution in [2.24, 2.45) is 5.73 Å². The lowest BCUT2D eigenvalue weighted by Gasteiger charge is -2.28. The lowest BCUT2D eigenvalue weighted by atomic mass is 10.1. The van der Waals surface area contributed by atoms with Crippen LogP contribution in [0.3, 0.4) is 0 Å². The Morgan fingerprint density at radius 2 is 2.43 bits per heavy atom. The molecule has 1 radical (unpaired) electrons. The normalized spacial score (nSPS) is 30.4. The van der Waals surface area contributed by atoms with Crippen LogP contribution in [0, 0.1) is 6.04 Å². The Labute approximate surface area is 43.6 Å². The Morgan fingerprint density at radius 1 is 1.86 bits per heavy atom. The molecule has 0 amide bonds. The standard InChI is InChI=1S/C5H10NO/c1-4(6)5-2-3-7-5/h5H,2-3,6H2,1H3. The van der Waals surface area contributed by atoms with Gasteiger partial charge >= 0.3 is 0 Å². The van der Waals surface area contributed by atoms with Crippen molar-refractivity contribution in [3.63, 3.8) is 0 Å². The quantitative estimate of drug-likeness (QED) is 0.514. The second-order valence-corrected chi connectivity index (χ2v) is 1.89. The van der Waals surface area contributed by atoms with Crippen LogP contribution in [0.25, 0.3) is 0 Å². The molecule has 0 aromatic heterocycles. The van der Waals surface area contributed by atoms with Gasteiger partial charge in [0, 0.05) is 6.61 Å². The lowest BCUT2D eigenvalue weighted by molar-refractivity contribution is -0.0403. The third-order valence-corrected chi connectivity index (χ3v) is 1.21. The molecule has 0 spiro atoms. The van der Waals surface area contributed by atoms with Gasteiger partial charge in [0.05, 0.1) is 12.1 Å².